The summed E-state index contributed by atoms with van der Waals surface area (Å²) in [4.78, 5) is 1.11. The van der Waals surface area contributed by atoms with E-state index >= 15 is 0 Å². The minimum atomic E-state index is -5.04. The summed E-state index contributed by atoms with van der Waals surface area (Å²) >= 11 is 0. The van der Waals surface area contributed by atoms with E-state index in [-0.39, 0.29) is 34.9 Å². The highest BCUT2D eigenvalue weighted by Gasteiger charge is 2.48. The number of hydrogen-bond donors (Lipinski definition) is 1. The van der Waals surface area contributed by atoms with E-state index in [0.29, 0.717) is 6.07 Å². The standard InChI is InChI=1S/C26H19F10NO2/c27-18-10-16(9-17(11-18)24(28,29)30)23(12-15-4-3-5-19(8-15)39-26(34,35)36)14-37(13-22(38)25(31,32)33)21-7-2-1-6-20(21)23/h1-11,22,38H,12-14H2. The van der Waals surface area contributed by atoms with Crippen LogP contribution < -0.4 is 9.64 Å². The summed E-state index contributed by atoms with van der Waals surface area (Å²) in [6.07, 6.45) is -18.2. The summed E-state index contributed by atoms with van der Waals surface area (Å²) in [6, 6.07) is 12.1. The molecule has 0 aromatic heterocycles. The number of halogens is 10. The lowest BCUT2D eigenvalue weighted by Crippen LogP contribution is -2.44. The molecular formula is C26H19F10NO2. The molecule has 1 aliphatic heterocycles. The maximum Gasteiger partial charge on any atom is 0.573 e. The molecule has 0 spiro atoms. The molecule has 0 amide bonds. The molecule has 0 fully saturated rings. The number of hydrogen-bond acceptors (Lipinski definition) is 3. The molecule has 1 heterocycles. The Morgan fingerprint density at radius 3 is 2.21 bits per heavy atom. The number of benzene rings is 3. The Morgan fingerprint density at radius 2 is 1.56 bits per heavy atom. The summed E-state index contributed by atoms with van der Waals surface area (Å²) in [5, 5.41) is 9.74. The minimum absolute atomic E-state index is 0.127. The van der Waals surface area contributed by atoms with Crippen LogP contribution in [0.5, 0.6) is 5.75 Å². The molecule has 0 saturated carbocycles. The first-order chi connectivity index (χ1) is 18.0. The highest BCUT2D eigenvalue weighted by molar-refractivity contribution is 5.67. The number of β-amino-alcohol motifs (C(OH)–C–C–N with tert-alkyl or cyclic N) is 1. The number of aliphatic hydroxyl groups is 1. The van der Waals surface area contributed by atoms with Crippen molar-refractivity contribution < 1.29 is 53.7 Å². The predicted molar refractivity (Wildman–Crippen MR) is 120 cm³/mol. The van der Waals surface area contributed by atoms with Gasteiger partial charge in [-0.1, -0.05) is 30.3 Å². The summed E-state index contributed by atoms with van der Waals surface area (Å²) in [5.41, 5.74) is -2.78. The number of anilines is 1. The van der Waals surface area contributed by atoms with Crippen LogP contribution in [0.1, 0.15) is 22.3 Å². The van der Waals surface area contributed by atoms with E-state index in [9.17, 15) is 49.0 Å². The number of para-hydroxylation sites is 1. The Morgan fingerprint density at radius 1 is 0.872 bits per heavy atom. The van der Waals surface area contributed by atoms with Gasteiger partial charge in [0.2, 0.25) is 0 Å². The van der Waals surface area contributed by atoms with Gasteiger partial charge in [0.15, 0.2) is 6.10 Å². The lowest BCUT2D eigenvalue weighted by Gasteiger charge is -2.33. The van der Waals surface area contributed by atoms with E-state index in [4.69, 9.17) is 0 Å². The van der Waals surface area contributed by atoms with Crippen molar-refractivity contribution in [2.45, 2.75) is 36.7 Å². The lowest BCUT2D eigenvalue weighted by atomic mass is 9.71. The zero-order valence-corrected chi connectivity index (χ0v) is 19.6. The third-order valence-electron chi connectivity index (χ3n) is 6.41. The average Bonchev–Trinajstić information content (AvgIpc) is 3.11. The van der Waals surface area contributed by atoms with Gasteiger partial charge in [-0.3, -0.25) is 0 Å². The third kappa shape index (κ3) is 6.23. The number of fused-ring (bicyclic) bond motifs is 1. The highest BCUT2D eigenvalue weighted by atomic mass is 19.4. The molecule has 3 nitrogen and oxygen atoms in total. The molecule has 0 bridgehead atoms. The Labute approximate surface area is 215 Å². The van der Waals surface area contributed by atoms with Gasteiger partial charge in [0.1, 0.15) is 11.6 Å². The largest absolute Gasteiger partial charge is 0.573 e. The average molecular weight is 567 g/mol. The van der Waals surface area contributed by atoms with Crippen molar-refractivity contribution in [3.63, 3.8) is 0 Å². The fourth-order valence-corrected chi connectivity index (χ4v) is 4.86. The van der Waals surface area contributed by atoms with Crippen LogP contribution in [0, 0.1) is 5.82 Å². The van der Waals surface area contributed by atoms with Crippen molar-refractivity contribution in [2.75, 3.05) is 18.0 Å². The second-order valence-electron chi connectivity index (χ2n) is 9.14. The van der Waals surface area contributed by atoms with Gasteiger partial charge in [-0.2, -0.15) is 26.3 Å². The van der Waals surface area contributed by atoms with Gasteiger partial charge in [-0.05, 0) is 59.5 Å². The molecule has 3 aromatic carbocycles. The van der Waals surface area contributed by atoms with E-state index in [1.54, 1.807) is 0 Å². The molecule has 1 N–H and O–H groups in total. The minimum Gasteiger partial charge on any atom is -0.406 e. The monoisotopic (exact) mass is 567 g/mol. The second-order valence-corrected chi connectivity index (χ2v) is 9.14. The normalized spacial score (nSPS) is 18.7. The van der Waals surface area contributed by atoms with Gasteiger partial charge in [0.25, 0.3) is 0 Å². The molecule has 1 aliphatic rings. The first-order valence-corrected chi connectivity index (χ1v) is 11.3. The Bertz CT molecular complexity index is 1340. The van der Waals surface area contributed by atoms with Crippen molar-refractivity contribution in [1.29, 1.82) is 0 Å². The van der Waals surface area contributed by atoms with Gasteiger partial charge in [0.05, 0.1) is 12.1 Å². The maximum absolute atomic E-state index is 14.6. The molecule has 0 radical (unpaired) electrons. The Balaban J connectivity index is 1.89. The molecular weight excluding hydrogens is 548 g/mol. The number of aliphatic hydroxyl groups excluding tert-OH is 1. The molecule has 210 valence electrons. The fourth-order valence-electron chi connectivity index (χ4n) is 4.86. The maximum atomic E-state index is 14.6. The van der Waals surface area contributed by atoms with Crippen molar-refractivity contribution in [2.24, 2.45) is 0 Å². The summed E-state index contributed by atoms with van der Waals surface area (Å²) in [5.74, 6) is -1.89. The van der Waals surface area contributed by atoms with Crippen LogP contribution >= 0.6 is 0 Å². The molecule has 13 heteroatoms. The molecule has 0 saturated heterocycles. The van der Waals surface area contributed by atoms with Crippen LogP contribution in [0.15, 0.2) is 66.7 Å². The quantitative estimate of drug-likeness (QED) is 0.325. The van der Waals surface area contributed by atoms with Crippen LogP contribution in [0.4, 0.5) is 49.6 Å². The van der Waals surface area contributed by atoms with Crippen LogP contribution in [0.2, 0.25) is 0 Å². The molecule has 4 rings (SSSR count). The Hall–Kier alpha value is -3.48. The topological polar surface area (TPSA) is 32.7 Å². The molecule has 39 heavy (non-hydrogen) atoms. The molecule has 2 atom stereocenters. The van der Waals surface area contributed by atoms with E-state index < -0.39 is 60.5 Å². The van der Waals surface area contributed by atoms with Gasteiger partial charge in [0, 0.05) is 17.6 Å². The van der Waals surface area contributed by atoms with Gasteiger partial charge < -0.3 is 14.7 Å². The van der Waals surface area contributed by atoms with Gasteiger partial charge >= 0.3 is 18.7 Å². The van der Waals surface area contributed by atoms with E-state index in [0.717, 1.165) is 23.1 Å². The van der Waals surface area contributed by atoms with Crippen LogP contribution in [-0.4, -0.2) is 36.8 Å². The predicted octanol–water partition coefficient (Wildman–Crippen LogP) is 7.02. The molecule has 2 unspecified atom stereocenters. The molecule has 3 aromatic rings. The number of ether oxygens (including phenoxy) is 1. The zero-order valence-electron chi connectivity index (χ0n) is 19.6. The van der Waals surface area contributed by atoms with Crippen LogP contribution in [0.25, 0.3) is 0 Å². The number of nitrogens with zero attached hydrogens (tertiary/aromatic N) is 1. The number of alkyl halides is 9. The van der Waals surface area contributed by atoms with Crippen LogP contribution in [0.3, 0.4) is 0 Å². The van der Waals surface area contributed by atoms with Crippen LogP contribution in [-0.2, 0) is 18.0 Å². The van der Waals surface area contributed by atoms with E-state index in [1.165, 1.54) is 36.4 Å². The third-order valence-corrected chi connectivity index (χ3v) is 6.41. The van der Waals surface area contributed by atoms with E-state index in [2.05, 4.69) is 4.74 Å². The van der Waals surface area contributed by atoms with Crippen molar-refractivity contribution in [3.8, 4) is 5.75 Å². The molecule has 0 aliphatic carbocycles. The zero-order chi connectivity index (χ0) is 28.8. The highest BCUT2D eigenvalue weighted by Crippen LogP contribution is 2.49. The van der Waals surface area contributed by atoms with Gasteiger partial charge in [-0.25, -0.2) is 4.39 Å². The second kappa shape index (κ2) is 9.92. The summed E-state index contributed by atoms with van der Waals surface area (Å²) in [7, 11) is 0. The number of rotatable bonds is 6. The van der Waals surface area contributed by atoms with Crippen molar-refractivity contribution in [3.05, 3.63) is 94.8 Å². The smallest absolute Gasteiger partial charge is 0.406 e. The Kier molecular flexibility index (Phi) is 7.26. The first-order valence-electron chi connectivity index (χ1n) is 11.3. The SMILES string of the molecule is OC(CN1CC(Cc2cccc(OC(F)(F)F)c2)(c2cc(F)cc(C(F)(F)F)c2)c2ccccc21)C(F)(F)F. The summed E-state index contributed by atoms with van der Waals surface area (Å²) < 4.78 is 137. The van der Waals surface area contributed by atoms with E-state index in [1.807, 2.05) is 0 Å². The van der Waals surface area contributed by atoms with Gasteiger partial charge in [-0.15, -0.1) is 13.2 Å². The summed E-state index contributed by atoms with van der Waals surface area (Å²) in [6.45, 7) is -1.43. The lowest BCUT2D eigenvalue weighted by molar-refractivity contribution is -0.274. The fraction of sp³-hybridized carbons (Fsp3) is 0.308. The van der Waals surface area contributed by atoms with Crippen molar-refractivity contribution >= 4 is 5.69 Å². The van der Waals surface area contributed by atoms with Crippen molar-refractivity contribution in [1.82, 2.24) is 0 Å². The first kappa shape index (κ1) is 28.5.